The lowest BCUT2D eigenvalue weighted by Gasteiger charge is -2.53. The molecule has 6 nitrogen and oxygen atoms in total. The molecule has 1 N–H and O–H groups in total. The van der Waals surface area contributed by atoms with Gasteiger partial charge in [-0.2, -0.15) is 4.31 Å². The Morgan fingerprint density at radius 1 is 1.13 bits per heavy atom. The number of aryl methyl sites for hydroxylation is 1. The Morgan fingerprint density at radius 3 is 2.39 bits per heavy atom. The quantitative estimate of drug-likeness (QED) is 0.497. The highest BCUT2D eigenvalue weighted by Gasteiger charge is 2.54. The van der Waals surface area contributed by atoms with Crippen molar-refractivity contribution in [2.75, 3.05) is 6.54 Å². The largest absolute Gasteiger partial charge is 0.349 e. The molecule has 1 amide bonds. The van der Waals surface area contributed by atoms with Crippen LogP contribution in [0.5, 0.6) is 0 Å². The fraction of sp³-hybridized carbons (Fsp3) is 0.571. The summed E-state index contributed by atoms with van der Waals surface area (Å²) in [6, 6.07) is 5.76. The maximum Gasteiger partial charge on any atom is 0.244 e. The van der Waals surface area contributed by atoms with Crippen LogP contribution in [-0.4, -0.2) is 42.6 Å². The van der Waals surface area contributed by atoms with Crippen LogP contribution in [0.3, 0.4) is 0 Å². The third-order valence-corrected chi connectivity index (χ3v) is 11.1. The summed E-state index contributed by atoms with van der Waals surface area (Å²) in [5, 5.41) is 2.87. The first-order valence-corrected chi connectivity index (χ1v) is 14.9. The van der Waals surface area contributed by atoms with Gasteiger partial charge in [-0.3, -0.25) is 9.78 Å². The highest BCUT2D eigenvalue weighted by molar-refractivity contribution is 7.89. The van der Waals surface area contributed by atoms with Gasteiger partial charge < -0.3 is 5.32 Å². The van der Waals surface area contributed by atoms with Gasteiger partial charge in [-0.15, -0.1) is 0 Å². The van der Waals surface area contributed by atoms with Gasteiger partial charge in [0.15, 0.2) is 0 Å². The van der Waals surface area contributed by atoms with E-state index in [9.17, 15) is 26.4 Å². The third-order valence-electron chi connectivity index (χ3n) is 9.13. The van der Waals surface area contributed by atoms with Crippen molar-refractivity contribution in [3.8, 4) is 0 Å². The number of nitrogens with zero attached hydrogens (tertiary/aromatic N) is 2. The molecule has 2 bridgehead atoms. The molecule has 1 unspecified atom stereocenters. The number of hydrogen-bond acceptors (Lipinski definition) is 4. The summed E-state index contributed by atoms with van der Waals surface area (Å²) in [6.45, 7) is 2.42. The van der Waals surface area contributed by atoms with Gasteiger partial charge in [0.25, 0.3) is 0 Å². The predicted octanol–water partition coefficient (Wildman–Crippen LogP) is 5.11. The van der Waals surface area contributed by atoms with Crippen molar-refractivity contribution in [3.05, 3.63) is 59.2 Å². The number of amides is 1. The number of aromatic nitrogens is 1. The van der Waals surface area contributed by atoms with Crippen LogP contribution in [0.4, 0.5) is 13.2 Å². The van der Waals surface area contributed by atoms with E-state index < -0.39 is 39.6 Å². The van der Waals surface area contributed by atoms with Crippen molar-refractivity contribution in [1.82, 2.24) is 14.6 Å². The van der Waals surface area contributed by atoms with E-state index in [0.717, 1.165) is 48.9 Å². The van der Waals surface area contributed by atoms with E-state index in [4.69, 9.17) is 0 Å². The lowest BCUT2D eigenvalue weighted by atomic mass is 9.51. The zero-order chi connectivity index (χ0) is 27.1. The zero-order valence-corrected chi connectivity index (χ0v) is 22.4. The van der Waals surface area contributed by atoms with Gasteiger partial charge >= 0.3 is 0 Å². The average molecular weight is 550 g/mol. The van der Waals surface area contributed by atoms with E-state index in [1.165, 1.54) is 16.4 Å². The van der Waals surface area contributed by atoms with E-state index in [2.05, 4.69) is 17.2 Å². The number of hydrogen-bond donors (Lipinski definition) is 1. The van der Waals surface area contributed by atoms with Gasteiger partial charge in [-0.05, 0) is 105 Å². The molecule has 38 heavy (non-hydrogen) atoms. The van der Waals surface area contributed by atoms with Crippen LogP contribution in [0.15, 0.2) is 41.4 Å². The first-order valence-electron chi connectivity index (χ1n) is 13.4. The van der Waals surface area contributed by atoms with Crippen LogP contribution in [0.2, 0.25) is 0 Å². The fourth-order valence-corrected chi connectivity index (χ4v) is 8.33. The Kier molecular flexibility index (Phi) is 7.32. The van der Waals surface area contributed by atoms with Gasteiger partial charge in [0.05, 0.1) is 17.1 Å². The number of pyridine rings is 1. The van der Waals surface area contributed by atoms with Crippen molar-refractivity contribution < 1.29 is 26.4 Å². The lowest BCUT2D eigenvalue weighted by molar-refractivity contribution is -0.124. The number of sulfonamides is 1. The molecule has 10 heteroatoms. The highest BCUT2D eigenvalue weighted by Crippen LogP contribution is 2.60. The maximum atomic E-state index is 13.7. The lowest BCUT2D eigenvalue weighted by Crippen LogP contribution is -2.48. The van der Waals surface area contributed by atoms with Gasteiger partial charge in [0.1, 0.15) is 11.9 Å². The predicted molar refractivity (Wildman–Crippen MR) is 137 cm³/mol. The second-order valence-electron chi connectivity index (χ2n) is 11.1. The van der Waals surface area contributed by atoms with Crippen LogP contribution >= 0.6 is 0 Å². The van der Waals surface area contributed by atoms with Crippen LogP contribution < -0.4 is 5.32 Å². The SMILES string of the molecule is CCc1cnc(CNC(=O)C2CCCN2S(=O)(=O)c2ccc(F)cc2)cc1C12CCC(C(F)F)(CC1)CC2. The normalized spacial score (nSPS) is 27.7. The zero-order valence-electron chi connectivity index (χ0n) is 21.6. The number of alkyl halides is 2. The average Bonchev–Trinajstić information content (AvgIpc) is 3.44. The second kappa shape index (κ2) is 10.3. The van der Waals surface area contributed by atoms with E-state index in [1.807, 2.05) is 12.3 Å². The minimum absolute atomic E-state index is 0.0462. The molecule has 2 aromatic rings. The first kappa shape index (κ1) is 27.1. The third kappa shape index (κ3) is 4.74. The molecule has 1 aromatic carbocycles. The summed E-state index contributed by atoms with van der Waals surface area (Å²) in [5.74, 6) is -0.929. The highest BCUT2D eigenvalue weighted by atomic mass is 32.2. The minimum atomic E-state index is -3.94. The smallest absolute Gasteiger partial charge is 0.244 e. The summed E-state index contributed by atoms with van der Waals surface area (Å²) in [4.78, 5) is 17.6. The molecule has 3 saturated carbocycles. The molecule has 2 heterocycles. The molecular formula is C28H34F3N3O3S. The number of carbonyl (C=O) groups excluding carboxylic acids is 1. The molecule has 6 rings (SSSR count). The van der Waals surface area contributed by atoms with Crippen LogP contribution in [0.25, 0.3) is 0 Å². The number of carbonyl (C=O) groups is 1. The number of nitrogens with one attached hydrogen (secondary N) is 1. The molecule has 206 valence electrons. The topological polar surface area (TPSA) is 79.4 Å². The molecule has 1 aromatic heterocycles. The Hall–Kier alpha value is -2.46. The van der Waals surface area contributed by atoms with Crippen molar-refractivity contribution in [2.24, 2.45) is 5.41 Å². The summed E-state index contributed by atoms with van der Waals surface area (Å²) < 4.78 is 68.2. The number of halogens is 3. The van der Waals surface area contributed by atoms with Crippen molar-refractivity contribution in [1.29, 1.82) is 0 Å². The molecule has 1 atom stereocenters. The van der Waals surface area contributed by atoms with E-state index in [1.54, 1.807) is 0 Å². The van der Waals surface area contributed by atoms with E-state index >= 15 is 0 Å². The number of fused-ring (bicyclic) bond motifs is 3. The Labute approximate surface area is 222 Å². The molecule has 0 radical (unpaired) electrons. The summed E-state index contributed by atoms with van der Waals surface area (Å²) in [6.07, 6.45) is 5.08. The van der Waals surface area contributed by atoms with E-state index in [0.29, 0.717) is 37.8 Å². The van der Waals surface area contributed by atoms with Gasteiger partial charge in [-0.25, -0.2) is 21.6 Å². The monoisotopic (exact) mass is 549 g/mol. The van der Waals surface area contributed by atoms with Crippen molar-refractivity contribution in [2.45, 2.75) is 94.0 Å². The summed E-state index contributed by atoms with van der Waals surface area (Å²) >= 11 is 0. The Bertz CT molecular complexity index is 1280. The van der Waals surface area contributed by atoms with Gasteiger partial charge in [0.2, 0.25) is 22.4 Å². The number of benzene rings is 1. The van der Waals surface area contributed by atoms with Crippen LogP contribution in [-0.2, 0) is 33.2 Å². The molecule has 4 aliphatic rings. The molecular weight excluding hydrogens is 515 g/mol. The number of rotatable bonds is 8. The molecule has 0 spiro atoms. The van der Waals surface area contributed by atoms with Gasteiger partial charge in [-0.1, -0.05) is 6.92 Å². The van der Waals surface area contributed by atoms with Crippen LogP contribution in [0, 0.1) is 11.2 Å². The standard InChI is InChI=1S/C28H34F3N3O3S/c1-2-19-17-32-21(16-23(19)27-9-12-28(13-10-27,14-11-27)26(30)31)18-33-25(35)24-4-3-15-34(24)38(36,37)22-7-5-20(29)6-8-22/h5-8,16-17,24,26H,2-4,9-15,18H2,1H3,(H,33,35). The Balaban J connectivity index is 1.30. The molecule has 4 fully saturated rings. The Morgan fingerprint density at radius 2 is 1.79 bits per heavy atom. The maximum absolute atomic E-state index is 13.7. The van der Waals surface area contributed by atoms with Gasteiger partial charge in [0, 0.05) is 18.2 Å². The minimum Gasteiger partial charge on any atom is -0.349 e. The summed E-state index contributed by atoms with van der Waals surface area (Å²) in [7, 11) is -3.94. The molecule has 1 aliphatic heterocycles. The van der Waals surface area contributed by atoms with Crippen molar-refractivity contribution in [3.63, 3.8) is 0 Å². The first-order chi connectivity index (χ1) is 18.1. The fourth-order valence-electron chi connectivity index (χ4n) is 6.67. The second-order valence-corrected chi connectivity index (χ2v) is 13.0. The van der Waals surface area contributed by atoms with Crippen LogP contribution in [0.1, 0.15) is 75.1 Å². The molecule has 3 aliphatic carbocycles. The van der Waals surface area contributed by atoms with Crippen molar-refractivity contribution >= 4 is 15.9 Å². The summed E-state index contributed by atoms with van der Waals surface area (Å²) in [5.41, 5.74) is 1.97. The molecule has 1 saturated heterocycles. The van der Waals surface area contributed by atoms with E-state index in [-0.39, 0.29) is 23.4 Å².